The second kappa shape index (κ2) is 5.53. The molecule has 2 amide bonds. The van der Waals surface area contributed by atoms with Crippen LogP contribution in [0.3, 0.4) is 0 Å². The topological polar surface area (TPSA) is 41.6 Å². The number of urea groups is 1. The number of hydrogen-bond donors (Lipinski definition) is 1. The maximum Gasteiger partial charge on any atom is 0.317 e. The molecule has 0 aromatic rings. The first-order valence-electron chi connectivity index (χ1n) is 6.38. The van der Waals surface area contributed by atoms with Gasteiger partial charge in [-0.1, -0.05) is 19.3 Å². The minimum atomic E-state index is 0.0717. The van der Waals surface area contributed by atoms with E-state index < -0.39 is 0 Å². The fraction of sp³-hybridized carbons (Fsp3) is 0.917. The van der Waals surface area contributed by atoms with Crippen LogP contribution in [0.4, 0.5) is 4.79 Å². The number of hydrogen-bond acceptors (Lipinski definition) is 2. The first-order chi connectivity index (χ1) is 7.77. The van der Waals surface area contributed by atoms with Crippen LogP contribution in [0.1, 0.15) is 38.5 Å². The van der Waals surface area contributed by atoms with E-state index in [9.17, 15) is 4.79 Å². The van der Waals surface area contributed by atoms with Crippen LogP contribution in [0.2, 0.25) is 0 Å². The van der Waals surface area contributed by atoms with Gasteiger partial charge in [0.2, 0.25) is 0 Å². The number of amides is 2. The summed E-state index contributed by atoms with van der Waals surface area (Å²) in [6.45, 7) is 1.45. The molecule has 0 bridgehead atoms. The van der Waals surface area contributed by atoms with Gasteiger partial charge in [-0.3, -0.25) is 0 Å². The van der Waals surface area contributed by atoms with E-state index in [0.717, 1.165) is 25.9 Å². The highest BCUT2D eigenvalue weighted by molar-refractivity contribution is 5.74. The third kappa shape index (κ3) is 2.88. The van der Waals surface area contributed by atoms with Crippen LogP contribution in [-0.4, -0.2) is 43.3 Å². The van der Waals surface area contributed by atoms with Gasteiger partial charge < -0.3 is 15.0 Å². The average molecular weight is 226 g/mol. The highest BCUT2D eigenvalue weighted by Crippen LogP contribution is 2.21. The van der Waals surface area contributed by atoms with E-state index in [1.165, 1.54) is 19.3 Å². The van der Waals surface area contributed by atoms with Gasteiger partial charge in [0, 0.05) is 19.7 Å². The summed E-state index contributed by atoms with van der Waals surface area (Å²) in [7, 11) is 1.92. The summed E-state index contributed by atoms with van der Waals surface area (Å²) in [5, 5.41) is 3.04. The van der Waals surface area contributed by atoms with Crippen molar-refractivity contribution in [1.29, 1.82) is 0 Å². The summed E-state index contributed by atoms with van der Waals surface area (Å²) >= 11 is 0. The van der Waals surface area contributed by atoms with Gasteiger partial charge in [-0.25, -0.2) is 4.79 Å². The lowest BCUT2D eigenvalue weighted by Crippen LogP contribution is -2.48. The number of carbonyl (C=O) groups is 1. The summed E-state index contributed by atoms with van der Waals surface area (Å²) in [6, 6.07) is 0.733. The minimum Gasteiger partial charge on any atom is -0.379 e. The van der Waals surface area contributed by atoms with Crippen molar-refractivity contribution in [2.24, 2.45) is 0 Å². The number of nitrogens with one attached hydrogen (secondary N) is 1. The largest absolute Gasteiger partial charge is 0.379 e. The van der Waals surface area contributed by atoms with Crippen molar-refractivity contribution in [3.05, 3.63) is 0 Å². The maximum atomic E-state index is 12.0. The molecular weight excluding hydrogens is 204 g/mol. The van der Waals surface area contributed by atoms with Crippen molar-refractivity contribution in [3.8, 4) is 0 Å². The van der Waals surface area contributed by atoms with Gasteiger partial charge >= 0.3 is 6.03 Å². The molecule has 0 spiro atoms. The molecule has 2 rings (SSSR count). The molecule has 1 heterocycles. The highest BCUT2D eigenvalue weighted by atomic mass is 16.5. The van der Waals surface area contributed by atoms with E-state index in [-0.39, 0.29) is 12.1 Å². The van der Waals surface area contributed by atoms with Gasteiger partial charge in [0.1, 0.15) is 0 Å². The minimum absolute atomic E-state index is 0.0717. The fourth-order valence-corrected chi connectivity index (χ4v) is 2.56. The standard InChI is InChI=1S/C12H22N2O2/c1-14(11-5-3-2-4-6-11)12(15)13-10-7-8-16-9-10/h10-11H,2-9H2,1H3,(H,13,15). The smallest absolute Gasteiger partial charge is 0.317 e. The van der Waals surface area contributed by atoms with Crippen molar-refractivity contribution in [2.75, 3.05) is 20.3 Å². The number of nitrogens with zero attached hydrogens (tertiary/aromatic N) is 1. The predicted octanol–water partition coefficient (Wildman–Crippen LogP) is 1.75. The molecular formula is C12H22N2O2. The SMILES string of the molecule is CN(C(=O)NC1CCOC1)C1CCCCC1. The molecule has 4 nitrogen and oxygen atoms in total. The molecule has 1 aliphatic heterocycles. The lowest BCUT2D eigenvalue weighted by atomic mass is 9.95. The molecule has 2 aliphatic rings. The normalized spacial score (nSPS) is 26.7. The Bertz CT molecular complexity index is 233. The summed E-state index contributed by atoms with van der Waals surface area (Å²) < 4.78 is 5.25. The summed E-state index contributed by atoms with van der Waals surface area (Å²) in [5.74, 6) is 0. The molecule has 4 heteroatoms. The molecule has 1 atom stereocenters. The molecule has 1 aliphatic carbocycles. The lowest BCUT2D eigenvalue weighted by molar-refractivity contribution is 0.163. The Morgan fingerprint density at radius 3 is 2.62 bits per heavy atom. The molecule has 2 fully saturated rings. The van der Waals surface area contributed by atoms with E-state index >= 15 is 0 Å². The van der Waals surface area contributed by atoms with Crippen LogP contribution in [0.15, 0.2) is 0 Å². The summed E-state index contributed by atoms with van der Waals surface area (Å²) in [5.41, 5.74) is 0. The Hall–Kier alpha value is -0.770. The Balaban J connectivity index is 1.78. The zero-order valence-electron chi connectivity index (χ0n) is 10.1. The van der Waals surface area contributed by atoms with Crippen LogP contribution in [0.5, 0.6) is 0 Å². The summed E-state index contributed by atoms with van der Waals surface area (Å²) in [6.07, 6.45) is 7.10. The third-order valence-corrected chi connectivity index (χ3v) is 3.70. The van der Waals surface area contributed by atoms with E-state index in [4.69, 9.17) is 4.74 Å². The highest BCUT2D eigenvalue weighted by Gasteiger charge is 2.25. The van der Waals surface area contributed by atoms with Gasteiger partial charge in [0.05, 0.1) is 12.6 Å². The average Bonchev–Trinajstić information content (AvgIpc) is 2.82. The predicted molar refractivity (Wildman–Crippen MR) is 62.4 cm³/mol. The van der Waals surface area contributed by atoms with Crippen molar-refractivity contribution in [2.45, 2.75) is 50.6 Å². The van der Waals surface area contributed by atoms with Crippen molar-refractivity contribution >= 4 is 6.03 Å². The summed E-state index contributed by atoms with van der Waals surface area (Å²) in [4.78, 5) is 13.8. The van der Waals surface area contributed by atoms with Crippen LogP contribution < -0.4 is 5.32 Å². The van der Waals surface area contributed by atoms with Crippen molar-refractivity contribution in [3.63, 3.8) is 0 Å². The number of carbonyl (C=O) groups excluding carboxylic acids is 1. The zero-order valence-corrected chi connectivity index (χ0v) is 10.1. The molecule has 0 radical (unpaired) electrons. The van der Waals surface area contributed by atoms with Crippen LogP contribution in [0.25, 0.3) is 0 Å². The van der Waals surface area contributed by atoms with Crippen LogP contribution in [-0.2, 0) is 4.74 Å². The molecule has 92 valence electrons. The molecule has 1 saturated carbocycles. The van der Waals surface area contributed by atoms with Crippen molar-refractivity contribution < 1.29 is 9.53 Å². The molecule has 0 aromatic carbocycles. The molecule has 1 N–H and O–H groups in total. The van der Waals surface area contributed by atoms with Gasteiger partial charge in [-0.05, 0) is 19.3 Å². The van der Waals surface area contributed by atoms with E-state index in [2.05, 4.69) is 5.32 Å². The Labute approximate surface area is 97.3 Å². The molecule has 1 saturated heterocycles. The second-order valence-corrected chi connectivity index (χ2v) is 4.91. The first kappa shape index (κ1) is 11.7. The maximum absolute atomic E-state index is 12.0. The van der Waals surface area contributed by atoms with Gasteiger partial charge in [-0.2, -0.15) is 0 Å². The van der Waals surface area contributed by atoms with E-state index in [1.54, 1.807) is 0 Å². The van der Waals surface area contributed by atoms with Crippen molar-refractivity contribution in [1.82, 2.24) is 10.2 Å². The third-order valence-electron chi connectivity index (χ3n) is 3.70. The zero-order chi connectivity index (χ0) is 11.4. The van der Waals surface area contributed by atoms with Crippen LogP contribution >= 0.6 is 0 Å². The van der Waals surface area contributed by atoms with E-state index in [0.29, 0.717) is 12.6 Å². The van der Waals surface area contributed by atoms with E-state index in [1.807, 2.05) is 11.9 Å². The monoisotopic (exact) mass is 226 g/mol. The van der Waals surface area contributed by atoms with Gasteiger partial charge in [0.15, 0.2) is 0 Å². The Morgan fingerprint density at radius 2 is 2.00 bits per heavy atom. The number of rotatable bonds is 2. The van der Waals surface area contributed by atoms with Gasteiger partial charge in [-0.15, -0.1) is 0 Å². The first-order valence-corrected chi connectivity index (χ1v) is 6.38. The molecule has 1 unspecified atom stereocenters. The quantitative estimate of drug-likeness (QED) is 0.779. The number of ether oxygens (including phenoxy) is 1. The Morgan fingerprint density at radius 1 is 1.25 bits per heavy atom. The lowest BCUT2D eigenvalue weighted by Gasteiger charge is -2.32. The molecule has 16 heavy (non-hydrogen) atoms. The second-order valence-electron chi connectivity index (χ2n) is 4.91. The van der Waals surface area contributed by atoms with Gasteiger partial charge in [0.25, 0.3) is 0 Å². The Kier molecular flexibility index (Phi) is 4.04. The van der Waals surface area contributed by atoms with Crippen LogP contribution in [0, 0.1) is 0 Å². The fourth-order valence-electron chi connectivity index (χ4n) is 2.56. The molecule has 0 aromatic heterocycles.